The zero-order valence-corrected chi connectivity index (χ0v) is 13.3. The number of hydrogen-bond donors (Lipinski definition) is 1. The summed E-state index contributed by atoms with van der Waals surface area (Å²) in [4.78, 5) is 0. The van der Waals surface area contributed by atoms with Gasteiger partial charge in [0.25, 0.3) is 0 Å². The van der Waals surface area contributed by atoms with Crippen LogP contribution >= 0.6 is 31.9 Å². The van der Waals surface area contributed by atoms with Gasteiger partial charge in [-0.2, -0.15) is 4.68 Å². The molecule has 3 aromatic rings. The van der Waals surface area contributed by atoms with E-state index in [0.717, 1.165) is 20.2 Å². The molecule has 0 spiro atoms. The number of halogens is 2. The highest BCUT2D eigenvalue weighted by molar-refractivity contribution is 9.11. The molecule has 0 radical (unpaired) electrons. The Kier molecular flexibility index (Phi) is 3.54. The maximum Gasteiger partial charge on any atom is 0.187 e. The van der Waals surface area contributed by atoms with Crippen LogP contribution in [0.3, 0.4) is 0 Å². The number of rotatable bonds is 2. The summed E-state index contributed by atoms with van der Waals surface area (Å²) in [5.41, 5.74) is 8.17. The number of nitrogens with zero attached hydrogens (tertiary/aromatic N) is 4. The van der Waals surface area contributed by atoms with Crippen molar-refractivity contribution < 1.29 is 0 Å². The summed E-state index contributed by atoms with van der Waals surface area (Å²) >= 11 is 6.95. The standard InChI is InChI=1S/C13H9Br2N5/c14-9-3-6-12(11(15)7-9)20-13(17-18-19-20)8-1-4-10(16)5-2-8/h1-7H,16H2. The molecule has 3 rings (SSSR count). The molecule has 0 aliphatic heterocycles. The molecule has 0 saturated carbocycles. The van der Waals surface area contributed by atoms with E-state index in [4.69, 9.17) is 5.73 Å². The summed E-state index contributed by atoms with van der Waals surface area (Å²) in [5.74, 6) is 0.660. The first-order valence-electron chi connectivity index (χ1n) is 5.75. The van der Waals surface area contributed by atoms with Gasteiger partial charge in [-0.15, -0.1) is 5.10 Å². The van der Waals surface area contributed by atoms with Crippen molar-refractivity contribution in [3.63, 3.8) is 0 Å². The summed E-state index contributed by atoms with van der Waals surface area (Å²) < 4.78 is 3.56. The van der Waals surface area contributed by atoms with Gasteiger partial charge >= 0.3 is 0 Å². The lowest BCUT2D eigenvalue weighted by Gasteiger charge is -2.07. The Morgan fingerprint density at radius 3 is 2.45 bits per heavy atom. The third-order valence-corrected chi connectivity index (χ3v) is 3.90. The molecular weight excluding hydrogens is 386 g/mol. The first-order chi connectivity index (χ1) is 9.65. The van der Waals surface area contributed by atoms with Crippen LogP contribution in [0.5, 0.6) is 0 Å². The van der Waals surface area contributed by atoms with Crippen LogP contribution in [0.25, 0.3) is 17.1 Å². The van der Waals surface area contributed by atoms with Crippen LogP contribution in [0.2, 0.25) is 0 Å². The lowest BCUT2D eigenvalue weighted by atomic mass is 10.2. The third kappa shape index (κ3) is 2.46. The molecule has 1 aromatic heterocycles. The van der Waals surface area contributed by atoms with Crippen molar-refractivity contribution in [2.24, 2.45) is 0 Å². The molecule has 0 fully saturated rings. The number of nitrogen functional groups attached to an aromatic ring is 1. The first-order valence-corrected chi connectivity index (χ1v) is 7.33. The van der Waals surface area contributed by atoms with Gasteiger partial charge in [0.15, 0.2) is 5.82 Å². The average molecular weight is 395 g/mol. The minimum Gasteiger partial charge on any atom is -0.399 e. The fraction of sp³-hybridized carbons (Fsp3) is 0. The van der Waals surface area contributed by atoms with Crippen LogP contribution in [-0.4, -0.2) is 20.2 Å². The van der Waals surface area contributed by atoms with Gasteiger partial charge in [-0.1, -0.05) is 15.9 Å². The van der Waals surface area contributed by atoms with E-state index >= 15 is 0 Å². The van der Waals surface area contributed by atoms with Gasteiger partial charge in [0.05, 0.1) is 5.69 Å². The summed E-state index contributed by atoms with van der Waals surface area (Å²) in [6.45, 7) is 0. The van der Waals surface area contributed by atoms with Crippen molar-refractivity contribution in [2.45, 2.75) is 0 Å². The highest BCUT2D eigenvalue weighted by atomic mass is 79.9. The number of aromatic nitrogens is 4. The van der Waals surface area contributed by atoms with Crippen LogP contribution in [0.1, 0.15) is 0 Å². The number of tetrazole rings is 1. The first kappa shape index (κ1) is 13.3. The zero-order valence-electron chi connectivity index (χ0n) is 10.2. The summed E-state index contributed by atoms with van der Waals surface area (Å²) in [5, 5.41) is 11.9. The number of anilines is 1. The summed E-state index contributed by atoms with van der Waals surface area (Å²) in [6.07, 6.45) is 0. The van der Waals surface area contributed by atoms with Crippen LogP contribution in [0.15, 0.2) is 51.4 Å². The van der Waals surface area contributed by atoms with Gasteiger partial charge in [0.2, 0.25) is 0 Å². The molecule has 100 valence electrons. The van der Waals surface area contributed by atoms with E-state index in [1.165, 1.54) is 0 Å². The van der Waals surface area contributed by atoms with E-state index < -0.39 is 0 Å². The minimum absolute atomic E-state index is 0.660. The Hall–Kier alpha value is -1.73. The molecule has 7 heteroatoms. The smallest absolute Gasteiger partial charge is 0.187 e. The molecular formula is C13H9Br2N5. The summed E-state index contributed by atoms with van der Waals surface area (Å²) in [6, 6.07) is 13.3. The predicted molar refractivity (Wildman–Crippen MR) is 84.4 cm³/mol. The van der Waals surface area contributed by atoms with Gasteiger partial charge in [-0.25, -0.2) is 0 Å². The minimum atomic E-state index is 0.660. The Balaban J connectivity index is 2.12. The molecule has 0 atom stereocenters. The van der Waals surface area contributed by atoms with Gasteiger partial charge in [0, 0.05) is 20.2 Å². The van der Waals surface area contributed by atoms with Gasteiger partial charge in [0.1, 0.15) is 0 Å². The van der Waals surface area contributed by atoms with Gasteiger partial charge in [-0.05, 0) is 68.8 Å². The number of nitrogens with two attached hydrogens (primary N) is 1. The third-order valence-electron chi connectivity index (χ3n) is 2.78. The van der Waals surface area contributed by atoms with E-state index in [-0.39, 0.29) is 0 Å². The SMILES string of the molecule is Nc1ccc(-c2nnnn2-c2ccc(Br)cc2Br)cc1. The van der Waals surface area contributed by atoms with Crippen molar-refractivity contribution in [2.75, 3.05) is 5.73 Å². The second-order valence-corrected chi connectivity index (χ2v) is 5.90. The molecule has 5 nitrogen and oxygen atoms in total. The lowest BCUT2D eigenvalue weighted by Crippen LogP contribution is -2.01. The fourth-order valence-corrected chi connectivity index (χ4v) is 3.03. The Labute approximate surface area is 132 Å². The second kappa shape index (κ2) is 5.34. The Bertz CT molecular complexity index is 752. The zero-order chi connectivity index (χ0) is 14.1. The molecule has 0 aliphatic carbocycles. The van der Waals surface area contributed by atoms with Crippen LogP contribution in [-0.2, 0) is 0 Å². The average Bonchev–Trinajstić information content (AvgIpc) is 2.88. The monoisotopic (exact) mass is 393 g/mol. The van der Waals surface area contributed by atoms with Crippen molar-refractivity contribution in [3.8, 4) is 17.1 Å². The number of hydrogen-bond acceptors (Lipinski definition) is 4. The van der Waals surface area contributed by atoms with E-state index in [9.17, 15) is 0 Å². The maximum atomic E-state index is 5.70. The normalized spacial score (nSPS) is 10.7. The summed E-state index contributed by atoms with van der Waals surface area (Å²) in [7, 11) is 0. The largest absolute Gasteiger partial charge is 0.399 e. The molecule has 0 amide bonds. The molecule has 0 unspecified atom stereocenters. The van der Waals surface area contributed by atoms with Crippen molar-refractivity contribution in [3.05, 3.63) is 51.4 Å². The van der Waals surface area contributed by atoms with Crippen LogP contribution in [0, 0.1) is 0 Å². The van der Waals surface area contributed by atoms with Crippen molar-refractivity contribution in [1.82, 2.24) is 20.2 Å². The van der Waals surface area contributed by atoms with Gasteiger partial charge in [-0.3, -0.25) is 0 Å². The van der Waals surface area contributed by atoms with E-state index in [1.54, 1.807) is 4.68 Å². The van der Waals surface area contributed by atoms with E-state index in [0.29, 0.717) is 11.5 Å². The fourth-order valence-electron chi connectivity index (χ4n) is 1.81. The Morgan fingerprint density at radius 2 is 1.75 bits per heavy atom. The topological polar surface area (TPSA) is 69.6 Å². The molecule has 1 heterocycles. The van der Waals surface area contributed by atoms with Crippen LogP contribution < -0.4 is 5.73 Å². The highest BCUT2D eigenvalue weighted by Crippen LogP contribution is 2.27. The van der Waals surface area contributed by atoms with Gasteiger partial charge < -0.3 is 5.73 Å². The van der Waals surface area contributed by atoms with Crippen LogP contribution in [0.4, 0.5) is 5.69 Å². The highest BCUT2D eigenvalue weighted by Gasteiger charge is 2.13. The second-order valence-electron chi connectivity index (χ2n) is 4.13. The maximum absolute atomic E-state index is 5.70. The van der Waals surface area contributed by atoms with Crippen molar-refractivity contribution in [1.29, 1.82) is 0 Å². The Morgan fingerprint density at radius 1 is 1.00 bits per heavy atom. The molecule has 2 N–H and O–H groups in total. The molecule has 0 saturated heterocycles. The van der Waals surface area contributed by atoms with Crippen molar-refractivity contribution >= 4 is 37.5 Å². The predicted octanol–water partition coefficient (Wildman–Crippen LogP) is 3.44. The molecule has 0 aliphatic rings. The number of benzene rings is 2. The van der Waals surface area contributed by atoms with E-state index in [1.807, 2.05) is 42.5 Å². The molecule has 20 heavy (non-hydrogen) atoms. The quantitative estimate of drug-likeness (QED) is 0.676. The molecule has 0 bridgehead atoms. The molecule has 2 aromatic carbocycles. The lowest BCUT2D eigenvalue weighted by molar-refractivity contribution is 0.789. The van der Waals surface area contributed by atoms with E-state index in [2.05, 4.69) is 47.4 Å².